The van der Waals surface area contributed by atoms with E-state index in [1.807, 2.05) is 0 Å². The molecule has 0 aliphatic carbocycles. The SMILES string of the molecule is C=CS(=O)(=O)c1ccc([N+](=O)[O-])cc1Cl. The number of nitrogens with zero attached hydrogens (tertiary/aromatic N) is 1. The average Bonchev–Trinajstić information content (AvgIpc) is 2.17. The Labute approximate surface area is 91.1 Å². The van der Waals surface area contributed by atoms with Gasteiger partial charge in [-0.05, 0) is 6.07 Å². The number of hydrogen-bond donors (Lipinski definition) is 0. The molecule has 0 aromatic heterocycles. The maximum atomic E-state index is 11.3. The highest BCUT2D eigenvalue weighted by atomic mass is 35.5. The van der Waals surface area contributed by atoms with E-state index in [0.717, 1.165) is 23.6 Å². The van der Waals surface area contributed by atoms with Gasteiger partial charge in [0.05, 0.1) is 14.8 Å². The number of non-ortho nitro benzene ring substituents is 1. The molecule has 0 saturated carbocycles. The second-order valence-corrected chi connectivity index (χ2v) is 4.85. The molecule has 0 radical (unpaired) electrons. The lowest BCUT2D eigenvalue weighted by Gasteiger charge is -2.01. The van der Waals surface area contributed by atoms with Gasteiger partial charge in [-0.15, -0.1) is 0 Å². The predicted molar refractivity (Wildman–Crippen MR) is 55.5 cm³/mol. The summed E-state index contributed by atoms with van der Waals surface area (Å²) in [5.41, 5.74) is -0.261. The van der Waals surface area contributed by atoms with Crippen molar-refractivity contribution in [2.45, 2.75) is 4.90 Å². The Morgan fingerprint density at radius 1 is 1.47 bits per heavy atom. The Kier molecular flexibility index (Phi) is 3.11. The number of benzene rings is 1. The van der Waals surface area contributed by atoms with Crippen LogP contribution in [0.1, 0.15) is 0 Å². The van der Waals surface area contributed by atoms with Gasteiger partial charge in [-0.25, -0.2) is 8.42 Å². The number of sulfone groups is 1. The van der Waals surface area contributed by atoms with Crippen LogP contribution in [0.4, 0.5) is 5.69 Å². The monoisotopic (exact) mass is 247 g/mol. The van der Waals surface area contributed by atoms with Gasteiger partial charge in [0, 0.05) is 17.5 Å². The first-order valence-corrected chi connectivity index (χ1v) is 5.62. The molecule has 1 aromatic carbocycles. The molecule has 0 unspecified atom stereocenters. The molecule has 80 valence electrons. The van der Waals surface area contributed by atoms with Crippen LogP contribution in [-0.4, -0.2) is 13.3 Å². The smallest absolute Gasteiger partial charge is 0.258 e. The number of nitro benzene ring substituents is 1. The van der Waals surface area contributed by atoms with Crippen LogP contribution in [0.15, 0.2) is 35.1 Å². The molecule has 0 amide bonds. The fourth-order valence-corrected chi connectivity index (χ4v) is 2.19. The lowest BCUT2D eigenvalue weighted by Crippen LogP contribution is -1.97. The highest BCUT2D eigenvalue weighted by molar-refractivity contribution is 7.94. The number of halogens is 1. The summed E-state index contributed by atoms with van der Waals surface area (Å²) in [6.45, 7) is 3.13. The Morgan fingerprint density at radius 3 is 2.47 bits per heavy atom. The molecule has 5 nitrogen and oxygen atoms in total. The molecule has 0 spiro atoms. The molecule has 0 atom stereocenters. The van der Waals surface area contributed by atoms with Crippen molar-refractivity contribution in [3.8, 4) is 0 Å². The molecule has 0 heterocycles. The van der Waals surface area contributed by atoms with Gasteiger partial charge in [0.2, 0.25) is 9.84 Å². The van der Waals surface area contributed by atoms with Crippen LogP contribution in [0.3, 0.4) is 0 Å². The van der Waals surface area contributed by atoms with E-state index in [-0.39, 0.29) is 15.6 Å². The van der Waals surface area contributed by atoms with Crippen molar-refractivity contribution in [3.05, 3.63) is 45.3 Å². The first-order chi connectivity index (χ1) is 6.88. The molecule has 0 fully saturated rings. The van der Waals surface area contributed by atoms with Gasteiger partial charge in [-0.1, -0.05) is 18.2 Å². The molecule has 0 aliphatic heterocycles. The van der Waals surface area contributed by atoms with Gasteiger partial charge in [0.15, 0.2) is 0 Å². The lowest BCUT2D eigenvalue weighted by molar-refractivity contribution is -0.384. The summed E-state index contributed by atoms with van der Waals surface area (Å²) in [7, 11) is -3.66. The fraction of sp³-hybridized carbons (Fsp3) is 0. The second-order valence-electron chi connectivity index (χ2n) is 2.58. The summed E-state index contributed by atoms with van der Waals surface area (Å²) in [6, 6.07) is 3.14. The zero-order valence-electron chi connectivity index (χ0n) is 7.38. The summed E-state index contributed by atoms with van der Waals surface area (Å²) in [5.74, 6) is 0. The Balaban J connectivity index is 3.38. The van der Waals surface area contributed by atoms with E-state index in [9.17, 15) is 18.5 Å². The van der Waals surface area contributed by atoms with Crippen molar-refractivity contribution < 1.29 is 13.3 Å². The minimum atomic E-state index is -3.66. The van der Waals surface area contributed by atoms with Crippen LogP contribution < -0.4 is 0 Å². The van der Waals surface area contributed by atoms with Crippen LogP contribution >= 0.6 is 11.6 Å². The molecule has 0 saturated heterocycles. The van der Waals surface area contributed by atoms with Crippen LogP contribution in [0, 0.1) is 10.1 Å². The van der Waals surface area contributed by atoms with Gasteiger partial charge >= 0.3 is 0 Å². The van der Waals surface area contributed by atoms with Crippen LogP contribution in [0.25, 0.3) is 0 Å². The summed E-state index contributed by atoms with van der Waals surface area (Å²) < 4.78 is 22.7. The Morgan fingerprint density at radius 2 is 2.07 bits per heavy atom. The zero-order valence-corrected chi connectivity index (χ0v) is 8.96. The third-order valence-electron chi connectivity index (χ3n) is 1.65. The highest BCUT2D eigenvalue weighted by Crippen LogP contribution is 2.26. The molecule has 7 heteroatoms. The van der Waals surface area contributed by atoms with Crippen molar-refractivity contribution in [1.29, 1.82) is 0 Å². The van der Waals surface area contributed by atoms with Gasteiger partial charge < -0.3 is 0 Å². The maximum Gasteiger partial charge on any atom is 0.271 e. The number of nitro groups is 1. The molecule has 0 bridgehead atoms. The molecular formula is C8H6ClNO4S. The van der Waals surface area contributed by atoms with E-state index in [0.29, 0.717) is 0 Å². The minimum absolute atomic E-state index is 0.190. The van der Waals surface area contributed by atoms with E-state index in [2.05, 4.69) is 6.58 Å². The second kappa shape index (κ2) is 4.00. The molecule has 1 aromatic rings. The molecular weight excluding hydrogens is 242 g/mol. The van der Waals surface area contributed by atoms with E-state index >= 15 is 0 Å². The summed E-state index contributed by atoms with van der Waals surface area (Å²) in [4.78, 5) is 9.51. The van der Waals surface area contributed by atoms with Crippen LogP contribution in [-0.2, 0) is 9.84 Å². The van der Waals surface area contributed by atoms with Crippen molar-refractivity contribution in [3.63, 3.8) is 0 Å². The van der Waals surface area contributed by atoms with Crippen molar-refractivity contribution in [2.75, 3.05) is 0 Å². The highest BCUT2D eigenvalue weighted by Gasteiger charge is 2.17. The minimum Gasteiger partial charge on any atom is -0.258 e. The maximum absolute atomic E-state index is 11.3. The normalized spacial score (nSPS) is 11.0. The third kappa shape index (κ3) is 2.34. The number of rotatable bonds is 3. The van der Waals surface area contributed by atoms with E-state index in [1.165, 1.54) is 0 Å². The van der Waals surface area contributed by atoms with Crippen molar-refractivity contribution in [1.82, 2.24) is 0 Å². The Bertz CT molecular complexity index is 523. The van der Waals surface area contributed by atoms with Crippen molar-refractivity contribution in [2.24, 2.45) is 0 Å². The van der Waals surface area contributed by atoms with Crippen LogP contribution in [0.2, 0.25) is 5.02 Å². The first kappa shape index (κ1) is 11.7. The fourth-order valence-electron chi connectivity index (χ4n) is 0.924. The third-order valence-corrected chi connectivity index (χ3v) is 3.48. The summed E-state index contributed by atoms with van der Waals surface area (Å²) >= 11 is 5.61. The van der Waals surface area contributed by atoms with E-state index < -0.39 is 14.8 Å². The molecule has 0 aliphatic rings. The van der Waals surface area contributed by atoms with Crippen molar-refractivity contribution >= 4 is 27.1 Å². The van der Waals surface area contributed by atoms with Gasteiger partial charge in [-0.2, -0.15) is 0 Å². The zero-order chi connectivity index (χ0) is 11.6. The van der Waals surface area contributed by atoms with Gasteiger partial charge in [-0.3, -0.25) is 10.1 Å². The Hall–Kier alpha value is -1.40. The standard InChI is InChI=1S/C8H6ClNO4S/c1-2-15(13,14)8-4-3-6(10(11)12)5-7(8)9/h2-5H,1H2. The van der Waals surface area contributed by atoms with E-state index in [4.69, 9.17) is 11.6 Å². The molecule has 15 heavy (non-hydrogen) atoms. The topological polar surface area (TPSA) is 77.3 Å². The molecule has 1 rings (SSSR count). The average molecular weight is 248 g/mol. The summed E-state index contributed by atoms with van der Waals surface area (Å²) in [5, 5.41) is 10.9. The summed E-state index contributed by atoms with van der Waals surface area (Å²) in [6.07, 6.45) is 0. The largest absolute Gasteiger partial charge is 0.271 e. The van der Waals surface area contributed by atoms with E-state index in [1.54, 1.807) is 0 Å². The quantitative estimate of drug-likeness (QED) is 0.606. The number of hydrogen-bond acceptors (Lipinski definition) is 4. The van der Waals surface area contributed by atoms with Crippen LogP contribution in [0.5, 0.6) is 0 Å². The first-order valence-electron chi connectivity index (χ1n) is 3.70. The van der Waals surface area contributed by atoms with Gasteiger partial charge in [0.25, 0.3) is 5.69 Å². The molecule has 0 N–H and O–H groups in total. The predicted octanol–water partition coefficient (Wildman–Crippen LogP) is 2.17. The van der Waals surface area contributed by atoms with Gasteiger partial charge in [0.1, 0.15) is 0 Å². The lowest BCUT2D eigenvalue weighted by atomic mass is 10.3.